The van der Waals surface area contributed by atoms with Crippen LogP contribution in [0.3, 0.4) is 0 Å². The van der Waals surface area contributed by atoms with E-state index in [0.29, 0.717) is 0 Å². The second kappa shape index (κ2) is 5.28. The molecule has 0 fully saturated rings. The second-order valence-corrected chi connectivity index (χ2v) is 5.88. The van der Waals surface area contributed by atoms with E-state index in [2.05, 4.69) is 19.1 Å². The Balaban J connectivity index is 2.30. The van der Waals surface area contributed by atoms with E-state index in [1.54, 1.807) is 0 Å². The first-order valence-corrected chi connectivity index (χ1v) is 6.92. The average molecular weight is 244 g/mol. The zero-order chi connectivity index (χ0) is 12.3. The van der Waals surface area contributed by atoms with E-state index in [0.717, 1.165) is 10.5 Å². The molecule has 1 unspecified atom stereocenters. The number of aryl methyl sites for hydroxylation is 1. The van der Waals surface area contributed by atoms with Crippen LogP contribution in [-0.4, -0.2) is 4.21 Å². The average Bonchev–Trinajstić information content (AvgIpc) is 2.39. The highest BCUT2D eigenvalue weighted by molar-refractivity contribution is 7.85. The fourth-order valence-corrected chi connectivity index (χ4v) is 3.25. The normalized spacial score (nSPS) is 14.2. The Morgan fingerprint density at radius 3 is 2.18 bits per heavy atom. The van der Waals surface area contributed by atoms with Gasteiger partial charge in [-0.1, -0.05) is 42.5 Å². The smallest absolute Gasteiger partial charge is 0.0618 e. The van der Waals surface area contributed by atoms with Gasteiger partial charge < -0.3 is 0 Å². The SMILES string of the molecule is Cc1ccccc1[C@@H](C)S(=O)c1ccccc1. The summed E-state index contributed by atoms with van der Waals surface area (Å²) in [6.07, 6.45) is 0. The molecule has 2 heteroatoms. The molecule has 0 saturated carbocycles. The molecule has 0 aromatic heterocycles. The maximum absolute atomic E-state index is 12.4. The number of rotatable bonds is 3. The van der Waals surface area contributed by atoms with Crippen molar-refractivity contribution in [3.05, 3.63) is 65.7 Å². The van der Waals surface area contributed by atoms with Crippen molar-refractivity contribution in [2.45, 2.75) is 24.0 Å². The van der Waals surface area contributed by atoms with Crippen molar-refractivity contribution in [2.24, 2.45) is 0 Å². The predicted molar refractivity (Wildman–Crippen MR) is 72.4 cm³/mol. The third-order valence-corrected chi connectivity index (χ3v) is 4.56. The van der Waals surface area contributed by atoms with Gasteiger partial charge in [0.05, 0.1) is 16.0 Å². The molecule has 0 aliphatic heterocycles. The van der Waals surface area contributed by atoms with E-state index in [-0.39, 0.29) is 5.25 Å². The van der Waals surface area contributed by atoms with Crippen LogP contribution < -0.4 is 0 Å². The van der Waals surface area contributed by atoms with E-state index in [9.17, 15) is 4.21 Å². The van der Waals surface area contributed by atoms with Crippen molar-refractivity contribution in [2.75, 3.05) is 0 Å². The van der Waals surface area contributed by atoms with Gasteiger partial charge in [0.25, 0.3) is 0 Å². The zero-order valence-corrected chi connectivity index (χ0v) is 10.9. The molecule has 2 aromatic rings. The summed E-state index contributed by atoms with van der Waals surface area (Å²) in [6, 6.07) is 17.8. The van der Waals surface area contributed by atoms with Gasteiger partial charge in [0.2, 0.25) is 0 Å². The summed E-state index contributed by atoms with van der Waals surface area (Å²) in [5.41, 5.74) is 2.36. The topological polar surface area (TPSA) is 17.1 Å². The van der Waals surface area contributed by atoms with Crippen LogP contribution in [0.4, 0.5) is 0 Å². The zero-order valence-electron chi connectivity index (χ0n) is 10.1. The molecule has 0 aliphatic rings. The van der Waals surface area contributed by atoms with Crippen LogP contribution in [0.5, 0.6) is 0 Å². The van der Waals surface area contributed by atoms with Gasteiger partial charge in [-0.25, -0.2) is 0 Å². The Kier molecular flexibility index (Phi) is 3.75. The fraction of sp³-hybridized carbons (Fsp3) is 0.200. The molecule has 0 aliphatic carbocycles. The second-order valence-electron chi connectivity index (χ2n) is 4.11. The van der Waals surface area contributed by atoms with Crippen molar-refractivity contribution in [1.29, 1.82) is 0 Å². The predicted octanol–water partition coefficient (Wildman–Crippen LogP) is 3.86. The van der Waals surface area contributed by atoms with Gasteiger partial charge in [0.15, 0.2) is 0 Å². The Morgan fingerprint density at radius 1 is 0.941 bits per heavy atom. The lowest BCUT2D eigenvalue weighted by Gasteiger charge is -2.14. The minimum Gasteiger partial charge on any atom is -0.254 e. The van der Waals surface area contributed by atoms with Gasteiger partial charge in [-0.2, -0.15) is 0 Å². The summed E-state index contributed by atoms with van der Waals surface area (Å²) in [6.45, 7) is 4.08. The van der Waals surface area contributed by atoms with Crippen molar-refractivity contribution < 1.29 is 4.21 Å². The molecule has 2 atom stereocenters. The highest BCUT2D eigenvalue weighted by Gasteiger charge is 2.16. The van der Waals surface area contributed by atoms with Crippen molar-refractivity contribution in [1.82, 2.24) is 0 Å². The van der Waals surface area contributed by atoms with Gasteiger partial charge in [-0.15, -0.1) is 0 Å². The Hall–Kier alpha value is -1.41. The lowest BCUT2D eigenvalue weighted by Crippen LogP contribution is -2.04. The van der Waals surface area contributed by atoms with E-state index >= 15 is 0 Å². The minimum absolute atomic E-state index is 0.0265. The van der Waals surface area contributed by atoms with Gasteiger partial charge in [-0.3, -0.25) is 4.21 Å². The van der Waals surface area contributed by atoms with Crippen LogP contribution >= 0.6 is 0 Å². The summed E-state index contributed by atoms with van der Waals surface area (Å²) < 4.78 is 12.4. The number of hydrogen-bond donors (Lipinski definition) is 0. The summed E-state index contributed by atoms with van der Waals surface area (Å²) >= 11 is 0. The van der Waals surface area contributed by atoms with Crippen LogP contribution in [-0.2, 0) is 10.8 Å². The molecule has 0 radical (unpaired) electrons. The first kappa shape index (κ1) is 12.1. The third kappa shape index (κ3) is 2.64. The standard InChI is InChI=1S/C15H16OS/c1-12-8-6-7-11-15(12)13(2)17(16)14-9-4-3-5-10-14/h3-11,13H,1-2H3/t13-,17?/m1/s1. The van der Waals surface area contributed by atoms with Crippen molar-refractivity contribution >= 4 is 10.8 Å². The maximum atomic E-state index is 12.4. The molecular formula is C15H16OS. The lowest BCUT2D eigenvalue weighted by molar-refractivity contribution is 0.675. The van der Waals surface area contributed by atoms with Crippen LogP contribution in [0.25, 0.3) is 0 Å². The summed E-state index contributed by atoms with van der Waals surface area (Å²) in [5.74, 6) is 0. The van der Waals surface area contributed by atoms with E-state index < -0.39 is 10.8 Å². The lowest BCUT2D eigenvalue weighted by atomic mass is 10.1. The Bertz CT molecular complexity index is 519. The van der Waals surface area contributed by atoms with Crippen LogP contribution in [0, 0.1) is 6.92 Å². The molecule has 0 bridgehead atoms. The van der Waals surface area contributed by atoms with Gasteiger partial charge in [-0.05, 0) is 37.1 Å². The first-order chi connectivity index (χ1) is 8.20. The largest absolute Gasteiger partial charge is 0.254 e. The van der Waals surface area contributed by atoms with Crippen LogP contribution in [0.2, 0.25) is 0 Å². The Labute approximate surface area is 105 Å². The highest BCUT2D eigenvalue weighted by atomic mass is 32.2. The summed E-state index contributed by atoms with van der Waals surface area (Å²) in [4.78, 5) is 0.892. The number of hydrogen-bond acceptors (Lipinski definition) is 1. The molecule has 17 heavy (non-hydrogen) atoms. The molecule has 1 nitrogen and oxygen atoms in total. The van der Waals surface area contributed by atoms with Gasteiger partial charge in [0, 0.05) is 4.90 Å². The summed E-state index contributed by atoms with van der Waals surface area (Å²) in [5, 5.41) is 0.0265. The molecule has 0 N–H and O–H groups in total. The molecular weight excluding hydrogens is 228 g/mol. The van der Waals surface area contributed by atoms with Crippen LogP contribution in [0.15, 0.2) is 59.5 Å². The fourth-order valence-electron chi connectivity index (χ4n) is 1.92. The molecule has 0 amide bonds. The van der Waals surface area contributed by atoms with E-state index in [1.807, 2.05) is 49.4 Å². The van der Waals surface area contributed by atoms with Gasteiger partial charge in [0.1, 0.15) is 0 Å². The molecule has 88 valence electrons. The monoisotopic (exact) mass is 244 g/mol. The third-order valence-electron chi connectivity index (χ3n) is 2.92. The molecule has 0 heterocycles. The van der Waals surface area contributed by atoms with E-state index in [4.69, 9.17) is 0 Å². The summed E-state index contributed by atoms with van der Waals surface area (Å²) in [7, 11) is -0.989. The first-order valence-electron chi connectivity index (χ1n) is 5.71. The van der Waals surface area contributed by atoms with E-state index in [1.165, 1.54) is 5.56 Å². The molecule has 2 aromatic carbocycles. The van der Waals surface area contributed by atoms with Crippen LogP contribution in [0.1, 0.15) is 23.3 Å². The Morgan fingerprint density at radius 2 is 1.53 bits per heavy atom. The molecule has 0 spiro atoms. The minimum atomic E-state index is -0.989. The van der Waals surface area contributed by atoms with Crippen molar-refractivity contribution in [3.63, 3.8) is 0 Å². The quantitative estimate of drug-likeness (QED) is 0.801. The van der Waals surface area contributed by atoms with Crippen molar-refractivity contribution in [3.8, 4) is 0 Å². The highest BCUT2D eigenvalue weighted by Crippen LogP contribution is 2.26. The maximum Gasteiger partial charge on any atom is 0.0618 e. The molecule has 2 rings (SSSR count). The molecule has 0 saturated heterocycles. The van der Waals surface area contributed by atoms with Gasteiger partial charge >= 0.3 is 0 Å². The number of benzene rings is 2.